The number of aliphatic carboxylic acids is 1. The Morgan fingerprint density at radius 1 is 1.36 bits per heavy atom. The molecule has 0 amide bonds. The Hall–Kier alpha value is -2.00. The molecular weight excluding hydrogens is 412 g/mol. The smallest absolute Gasteiger partial charge is 0.329 e. The lowest BCUT2D eigenvalue weighted by atomic mass is 10.1. The summed E-state index contributed by atoms with van der Waals surface area (Å²) in [6.07, 6.45) is 4.84. The number of hydrogen-bond acceptors (Lipinski definition) is 5. The van der Waals surface area contributed by atoms with E-state index in [1.54, 1.807) is 17.2 Å². The minimum absolute atomic E-state index is 0.282. The Balaban J connectivity index is 1.70. The number of rotatable bonds is 5. The van der Waals surface area contributed by atoms with E-state index in [1.807, 2.05) is 12.1 Å². The fourth-order valence-corrected chi connectivity index (χ4v) is 4.49. The molecule has 0 aliphatic carbocycles. The third kappa shape index (κ3) is 4.16. The summed E-state index contributed by atoms with van der Waals surface area (Å²) in [6, 6.07) is 5.50. The molecule has 1 aliphatic rings. The van der Waals surface area contributed by atoms with Gasteiger partial charge in [0.25, 0.3) is 0 Å². The third-order valence-electron chi connectivity index (χ3n) is 4.12. The molecule has 1 aliphatic heterocycles. The number of carbonyl (C=O) groups is 1. The summed E-state index contributed by atoms with van der Waals surface area (Å²) in [7, 11) is -3.77. The van der Waals surface area contributed by atoms with E-state index in [-0.39, 0.29) is 5.75 Å². The number of nitrogens with one attached hydrogen (secondary N) is 1. The van der Waals surface area contributed by atoms with Gasteiger partial charge in [0, 0.05) is 46.9 Å². The predicted octanol–water partition coefficient (Wildman–Crippen LogP) is 2.70. The van der Waals surface area contributed by atoms with E-state index in [2.05, 4.69) is 20.9 Å². The van der Waals surface area contributed by atoms with Crippen LogP contribution in [0.1, 0.15) is 12.8 Å². The maximum absolute atomic E-state index is 12.6. The lowest BCUT2D eigenvalue weighted by molar-refractivity contribution is -0.131. The van der Waals surface area contributed by atoms with Crippen molar-refractivity contribution in [3.05, 3.63) is 41.1 Å². The maximum Gasteiger partial charge on any atom is 0.329 e. The Morgan fingerprint density at radius 2 is 2.08 bits per heavy atom. The first-order valence-corrected chi connectivity index (χ1v) is 9.97. The van der Waals surface area contributed by atoms with Crippen LogP contribution < -0.4 is 4.18 Å². The van der Waals surface area contributed by atoms with Gasteiger partial charge in [0.1, 0.15) is 5.25 Å². The number of H-pyrrole nitrogens is 1. The van der Waals surface area contributed by atoms with Gasteiger partial charge in [-0.3, -0.25) is 0 Å². The fourth-order valence-electron chi connectivity index (χ4n) is 2.81. The fraction of sp³-hybridized carbons (Fsp3) is 0.312. The zero-order valence-corrected chi connectivity index (χ0v) is 15.6. The monoisotopic (exact) mass is 428 g/mol. The number of piperidine rings is 1. The van der Waals surface area contributed by atoms with Crippen LogP contribution in [0.15, 0.2) is 41.1 Å². The quantitative estimate of drug-likeness (QED) is 0.560. The molecule has 1 aromatic heterocycles. The van der Waals surface area contributed by atoms with E-state index < -0.39 is 21.3 Å². The Kier molecular flexibility index (Phi) is 5.05. The van der Waals surface area contributed by atoms with Gasteiger partial charge in [-0.05, 0) is 31.0 Å². The van der Waals surface area contributed by atoms with E-state index in [0.29, 0.717) is 31.3 Å². The summed E-state index contributed by atoms with van der Waals surface area (Å²) in [5.74, 6) is -0.743. The van der Waals surface area contributed by atoms with Gasteiger partial charge < -0.3 is 19.2 Å². The van der Waals surface area contributed by atoms with Crippen LogP contribution >= 0.6 is 15.9 Å². The van der Waals surface area contributed by atoms with Crippen molar-refractivity contribution in [2.24, 2.45) is 0 Å². The van der Waals surface area contributed by atoms with Crippen LogP contribution in [0.25, 0.3) is 10.9 Å². The molecule has 9 heteroatoms. The number of nitrogens with zero attached hydrogens (tertiary/aromatic N) is 1. The molecule has 0 unspecified atom stereocenters. The summed E-state index contributed by atoms with van der Waals surface area (Å²) >= 11 is 3.37. The number of carboxylic acid groups (broad SMARTS) is 1. The van der Waals surface area contributed by atoms with E-state index in [0.717, 1.165) is 16.1 Å². The van der Waals surface area contributed by atoms with Crippen molar-refractivity contribution in [1.29, 1.82) is 0 Å². The lowest BCUT2D eigenvalue weighted by Crippen LogP contribution is -2.38. The number of halogens is 1. The minimum Gasteiger partial charge on any atom is -0.478 e. The van der Waals surface area contributed by atoms with Gasteiger partial charge in [-0.2, -0.15) is 8.42 Å². The summed E-state index contributed by atoms with van der Waals surface area (Å²) in [5.41, 5.74) is 0.794. The first kappa shape index (κ1) is 17.8. The van der Waals surface area contributed by atoms with Gasteiger partial charge in [-0.25, -0.2) is 4.79 Å². The minimum atomic E-state index is -3.77. The van der Waals surface area contributed by atoms with Crippen LogP contribution in [-0.2, 0) is 14.9 Å². The zero-order valence-electron chi connectivity index (χ0n) is 13.2. The second kappa shape index (κ2) is 7.09. The van der Waals surface area contributed by atoms with Crippen LogP contribution in [-0.4, -0.2) is 47.7 Å². The molecule has 134 valence electrons. The van der Waals surface area contributed by atoms with Gasteiger partial charge in [0.2, 0.25) is 0 Å². The van der Waals surface area contributed by atoms with Crippen molar-refractivity contribution < 1.29 is 22.5 Å². The summed E-state index contributed by atoms with van der Waals surface area (Å²) < 4.78 is 31.4. The van der Waals surface area contributed by atoms with Crippen LogP contribution in [0.3, 0.4) is 0 Å². The molecule has 1 saturated heterocycles. The van der Waals surface area contributed by atoms with E-state index in [9.17, 15) is 13.2 Å². The van der Waals surface area contributed by atoms with E-state index >= 15 is 0 Å². The van der Waals surface area contributed by atoms with Gasteiger partial charge in [0.15, 0.2) is 5.75 Å². The molecule has 0 atom stereocenters. The van der Waals surface area contributed by atoms with Crippen LogP contribution in [0, 0.1) is 0 Å². The molecule has 0 spiro atoms. The molecule has 7 nitrogen and oxygen atoms in total. The second-order valence-electron chi connectivity index (χ2n) is 5.81. The first-order valence-electron chi connectivity index (χ1n) is 7.70. The Labute approximate surface area is 153 Å². The Bertz CT molecular complexity index is 914. The summed E-state index contributed by atoms with van der Waals surface area (Å²) in [6.45, 7) is 0.937. The maximum atomic E-state index is 12.6. The highest BCUT2D eigenvalue weighted by Crippen LogP contribution is 2.31. The average Bonchev–Trinajstić information content (AvgIpc) is 2.95. The van der Waals surface area contributed by atoms with Crippen molar-refractivity contribution in [3.8, 4) is 5.75 Å². The third-order valence-corrected chi connectivity index (χ3v) is 6.32. The molecule has 3 rings (SSSR count). The average molecular weight is 429 g/mol. The van der Waals surface area contributed by atoms with Gasteiger partial charge in [-0.1, -0.05) is 15.9 Å². The largest absolute Gasteiger partial charge is 0.478 e. The van der Waals surface area contributed by atoms with Gasteiger partial charge in [0.05, 0.1) is 0 Å². The van der Waals surface area contributed by atoms with Crippen molar-refractivity contribution in [3.63, 3.8) is 0 Å². The topological polar surface area (TPSA) is 99.7 Å². The van der Waals surface area contributed by atoms with Crippen molar-refractivity contribution in [2.45, 2.75) is 18.1 Å². The van der Waals surface area contributed by atoms with Crippen LogP contribution in [0.5, 0.6) is 5.75 Å². The van der Waals surface area contributed by atoms with Gasteiger partial charge in [-0.15, -0.1) is 0 Å². The summed E-state index contributed by atoms with van der Waals surface area (Å²) in [4.78, 5) is 15.3. The number of aromatic nitrogens is 1. The number of benzene rings is 1. The molecule has 1 fully saturated rings. The lowest BCUT2D eigenvalue weighted by Gasteiger charge is -2.30. The standard InChI is InChI=1S/C16H17BrN2O5S/c17-11-1-2-14-13(9-11)15(10-18-14)24-25(22,23)12-3-6-19(7-4-12)8-5-16(20)21/h1-2,5,8-10,12,18H,3-4,6-7H2,(H,20,21). The molecular formula is C16H17BrN2O5S. The molecule has 1 aromatic carbocycles. The molecule has 0 radical (unpaired) electrons. The molecule has 2 aromatic rings. The van der Waals surface area contributed by atoms with E-state index in [4.69, 9.17) is 9.29 Å². The van der Waals surface area contributed by atoms with Crippen molar-refractivity contribution >= 4 is 42.9 Å². The van der Waals surface area contributed by atoms with Gasteiger partial charge >= 0.3 is 16.1 Å². The highest BCUT2D eigenvalue weighted by molar-refractivity contribution is 9.10. The first-order chi connectivity index (χ1) is 11.8. The van der Waals surface area contributed by atoms with Crippen molar-refractivity contribution in [1.82, 2.24) is 9.88 Å². The Morgan fingerprint density at radius 3 is 2.76 bits per heavy atom. The zero-order chi connectivity index (χ0) is 18.0. The van der Waals surface area contributed by atoms with Crippen LogP contribution in [0.4, 0.5) is 0 Å². The van der Waals surface area contributed by atoms with Crippen molar-refractivity contribution in [2.75, 3.05) is 13.1 Å². The normalized spacial score (nSPS) is 16.6. The van der Waals surface area contributed by atoms with E-state index in [1.165, 1.54) is 6.20 Å². The molecule has 2 heterocycles. The number of likely N-dealkylation sites (tertiary alicyclic amines) is 1. The highest BCUT2D eigenvalue weighted by atomic mass is 79.9. The number of hydrogen-bond donors (Lipinski definition) is 2. The second-order valence-corrected chi connectivity index (χ2v) is 8.54. The molecule has 0 saturated carbocycles. The summed E-state index contributed by atoms with van der Waals surface area (Å²) in [5, 5.41) is 8.72. The molecule has 2 N–H and O–H groups in total. The number of fused-ring (bicyclic) bond motifs is 1. The number of aromatic amines is 1. The predicted molar refractivity (Wildman–Crippen MR) is 96.9 cm³/mol. The van der Waals surface area contributed by atoms with Crippen LogP contribution in [0.2, 0.25) is 0 Å². The SMILES string of the molecule is O=C(O)C=CN1CCC(S(=O)(=O)Oc2c[nH]c3ccc(Br)cc23)CC1. The number of carboxylic acids is 1. The highest BCUT2D eigenvalue weighted by Gasteiger charge is 2.31. The molecule has 0 bridgehead atoms. The molecule has 25 heavy (non-hydrogen) atoms.